The Bertz CT molecular complexity index is 227. The Balaban J connectivity index is 4.16. The van der Waals surface area contributed by atoms with Crippen molar-refractivity contribution in [2.75, 3.05) is 7.11 Å². The van der Waals surface area contributed by atoms with E-state index in [4.69, 9.17) is 10.8 Å². The van der Waals surface area contributed by atoms with Gasteiger partial charge in [0.15, 0.2) is 0 Å². The van der Waals surface area contributed by atoms with E-state index < -0.39 is 0 Å². The predicted molar refractivity (Wildman–Crippen MR) is 60.8 cm³/mol. The lowest BCUT2D eigenvalue weighted by molar-refractivity contribution is -0.145. The molecule has 1 atom stereocenters. The molecule has 86 valence electrons. The molecule has 0 amide bonds. The van der Waals surface area contributed by atoms with Crippen LogP contribution in [0.1, 0.15) is 39.0 Å². The Hall–Kier alpha value is -1.19. The molecule has 0 saturated heterocycles. The van der Waals surface area contributed by atoms with Gasteiger partial charge in [-0.3, -0.25) is 4.79 Å². The molecule has 0 aromatic rings. The van der Waals surface area contributed by atoms with Gasteiger partial charge in [0.25, 0.3) is 0 Å². The van der Waals surface area contributed by atoms with Crippen molar-refractivity contribution in [1.29, 1.82) is 10.8 Å². The van der Waals surface area contributed by atoms with Gasteiger partial charge in [-0.15, -0.1) is 0 Å². The van der Waals surface area contributed by atoms with Crippen LogP contribution in [0.5, 0.6) is 0 Å². The van der Waals surface area contributed by atoms with E-state index in [0.717, 1.165) is 12.8 Å². The molecule has 1 unspecified atom stereocenters. The van der Waals surface area contributed by atoms with E-state index in [1.54, 1.807) is 0 Å². The second kappa shape index (κ2) is 8.15. The zero-order valence-corrected chi connectivity index (χ0v) is 9.51. The van der Waals surface area contributed by atoms with Gasteiger partial charge in [0.2, 0.25) is 0 Å². The third-order valence-electron chi connectivity index (χ3n) is 2.24. The quantitative estimate of drug-likeness (QED) is 0.479. The molecule has 0 rings (SSSR count). The molecule has 2 N–H and O–H groups in total. The Morgan fingerprint density at radius 3 is 2.67 bits per heavy atom. The molecule has 0 heterocycles. The summed E-state index contributed by atoms with van der Waals surface area (Å²) >= 11 is 0. The maximum Gasteiger partial charge on any atom is 0.309 e. The van der Waals surface area contributed by atoms with Crippen molar-refractivity contribution in [3.63, 3.8) is 0 Å². The van der Waals surface area contributed by atoms with Crippen LogP contribution >= 0.6 is 0 Å². The minimum atomic E-state index is -0.266. The van der Waals surface area contributed by atoms with Gasteiger partial charge in [0.05, 0.1) is 13.0 Å². The molecule has 0 aliphatic rings. The number of rotatable bonds is 8. The van der Waals surface area contributed by atoms with E-state index in [1.165, 1.54) is 13.3 Å². The summed E-state index contributed by atoms with van der Waals surface area (Å²) in [7, 11) is 1.36. The van der Waals surface area contributed by atoms with E-state index in [2.05, 4.69) is 4.74 Å². The normalized spacial score (nSPS) is 11.9. The van der Waals surface area contributed by atoms with Crippen molar-refractivity contribution in [3.8, 4) is 0 Å². The molecule has 0 radical (unpaired) electrons. The average Bonchev–Trinajstić information content (AvgIpc) is 2.23. The highest BCUT2D eigenvalue weighted by molar-refractivity contribution is 5.86. The maximum atomic E-state index is 11.4. The van der Waals surface area contributed by atoms with Gasteiger partial charge in [0, 0.05) is 5.71 Å². The van der Waals surface area contributed by atoms with Gasteiger partial charge < -0.3 is 15.6 Å². The molecule has 0 fully saturated rings. The molecular weight excluding hydrogens is 192 g/mol. The standard InChI is InChI=1S/C11H20N2O2/c1-3-5-10(13)8-9(6-4-7-12)11(14)15-2/h7,9,12-13H,3-6,8H2,1-2H3. The molecular formula is C11H20N2O2. The lowest BCUT2D eigenvalue weighted by Gasteiger charge is -2.13. The van der Waals surface area contributed by atoms with Crippen molar-refractivity contribution in [2.24, 2.45) is 5.92 Å². The van der Waals surface area contributed by atoms with E-state index in [9.17, 15) is 4.79 Å². The summed E-state index contributed by atoms with van der Waals surface area (Å²) in [6.07, 6.45) is 4.59. The SMILES string of the molecule is CCCC(=N)CC(CCC=N)C(=O)OC. The van der Waals surface area contributed by atoms with Crippen LogP contribution in [0.2, 0.25) is 0 Å². The highest BCUT2D eigenvalue weighted by Crippen LogP contribution is 2.14. The highest BCUT2D eigenvalue weighted by Gasteiger charge is 2.19. The minimum Gasteiger partial charge on any atom is -0.469 e. The fraction of sp³-hybridized carbons (Fsp3) is 0.727. The summed E-state index contributed by atoms with van der Waals surface area (Å²) in [5.41, 5.74) is 0.595. The molecule has 0 aromatic carbocycles. The molecule has 0 aromatic heterocycles. The van der Waals surface area contributed by atoms with Crippen LogP contribution < -0.4 is 0 Å². The van der Waals surface area contributed by atoms with Gasteiger partial charge in [-0.1, -0.05) is 13.3 Å². The topological polar surface area (TPSA) is 74.0 Å². The van der Waals surface area contributed by atoms with Crippen LogP contribution in [0.3, 0.4) is 0 Å². The van der Waals surface area contributed by atoms with Gasteiger partial charge in [0.1, 0.15) is 0 Å². The largest absolute Gasteiger partial charge is 0.469 e. The van der Waals surface area contributed by atoms with E-state index in [1.807, 2.05) is 6.92 Å². The number of ether oxygens (including phenoxy) is 1. The van der Waals surface area contributed by atoms with Crippen LogP contribution in [0, 0.1) is 16.7 Å². The molecule has 0 spiro atoms. The predicted octanol–water partition coefficient (Wildman–Crippen LogP) is 2.42. The van der Waals surface area contributed by atoms with E-state index in [0.29, 0.717) is 25.0 Å². The number of nitrogens with one attached hydrogen (secondary N) is 2. The number of hydrogen-bond donors (Lipinski definition) is 2. The first kappa shape index (κ1) is 13.8. The zero-order valence-electron chi connectivity index (χ0n) is 9.51. The smallest absolute Gasteiger partial charge is 0.309 e. The van der Waals surface area contributed by atoms with Crippen LogP contribution in [0.15, 0.2) is 0 Å². The van der Waals surface area contributed by atoms with Crippen molar-refractivity contribution in [1.82, 2.24) is 0 Å². The highest BCUT2D eigenvalue weighted by atomic mass is 16.5. The molecule has 4 nitrogen and oxygen atoms in total. The van der Waals surface area contributed by atoms with Gasteiger partial charge in [-0.25, -0.2) is 0 Å². The molecule has 4 heteroatoms. The van der Waals surface area contributed by atoms with Gasteiger partial charge in [-0.2, -0.15) is 0 Å². The molecule has 0 aliphatic carbocycles. The average molecular weight is 212 g/mol. The first-order valence-corrected chi connectivity index (χ1v) is 5.28. The number of carbonyl (C=O) groups is 1. The fourth-order valence-corrected chi connectivity index (χ4v) is 1.46. The monoisotopic (exact) mass is 212 g/mol. The number of hydrogen-bond acceptors (Lipinski definition) is 4. The third-order valence-corrected chi connectivity index (χ3v) is 2.24. The summed E-state index contributed by atoms with van der Waals surface area (Å²) in [6.45, 7) is 2.01. The van der Waals surface area contributed by atoms with Crippen LogP contribution in [0.4, 0.5) is 0 Å². The van der Waals surface area contributed by atoms with Crippen LogP contribution in [0.25, 0.3) is 0 Å². The zero-order chi connectivity index (χ0) is 11.7. The fourth-order valence-electron chi connectivity index (χ4n) is 1.46. The maximum absolute atomic E-state index is 11.4. The second-order valence-electron chi connectivity index (χ2n) is 3.56. The summed E-state index contributed by atoms with van der Waals surface area (Å²) in [5, 5.41) is 14.6. The Kier molecular flexibility index (Phi) is 7.50. The van der Waals surface area contributed by atoms with Crippen molar-refractivity contribution in [2.45, 2.75) is 39.0 Å². The first-order valence-electron chi connectivity index (χ1n) is 5.28. The summed E-state index contributed by atoms with van der Waals surface area (Å²) in [4.78, 5) is 11.4. The molecule has 15 heavy (non-hydrogen) atoms. The lowest BCUT2D eigenvalue weighted by atomic mass is 9.95. The Labute approximate surface area is 91.0 Å². The van der Waals surface area contributed by atoms with Crippen molar-refractivity contribution < 1.29 is 9.53 Å². The van der Waals surface area contributed by atoms with Gasteiger partial charge in [-0.05, 0) is 31.9 Å². The lowest BCUT2D eigenvalue weighted by Crippen LogP contribution is -2.19. The summed E-state index contributed by atoms with van der Waals surface area (Å²) < 4.78 is 4.68. The van der Waals surface area contributed by atoms with E-state index >= 15 is 0 Å². The summed E-state index contributed by atoms with van der Waals surface area (Å²) in [6, 6.07) is 0. The molecule has 0 bridgehead atoms. The van der Waals surface area contributed by atoms with Crippen LogP contribution in [-0.4, -0.2) is 25.0 Å². The van der Waals surface area contributed by atoms with Crippen molar-refractivity contribution >= 4 is 17.9 Å². The third kappa shape index (κ3) is 5.99. The molecule has 0 aliphatic heterocycles. The number of esters is 1. The second-order valence-corrected chi connectivity index (χ2v) is 3.56. The van der Waals surface area contributed by atoms with Crippen molar-refractivity contribution in [3.05, 3.63) is 0 Å². The minimum absolute atomic E-state index is 0.254. The summed E-state index contributed by atoms with van der Waals surface area (Å²) in [5.74, 6) is -0.520. The Morgan fingerprint density at radius 1 is 1.53 bits per heavy atom. The number of methoxy groups -OCH3 is 1. The Morgan fingerprint density at radius 2 is 2.20 bits per heavy atom. The van der Waals surface area contributed by atoms with E-state index in [-0.39, 0.29) is 11.9 Å². The van der Waals surface area contributed by atoms with Crippen LogP contribution in [-0.2, 0) is 9.53 Å². The van der Waals surface area contributed by atoms with Gasteiger partial charge >= 0.3 is 5.97 Å². The first-order chi connectivity index (χ1) is 7.15. The number of carbonyl (C=O) groups excluding carboxylic acids is 1. The molecule has 0 saturated carbocycles.